The number of rotatable bonds is 5. The predicted molar refractivity (Wildman–Crippen MR) is 112 cm³/mol. The molecule has 2 aromatic carbocycles. The maximum atomic E-state index is 14.1. The number of hydrogen-bond donors (Lipinski definition) is 2. The van der Waals surface area contributed by atoms with E-state index in [1.54, 1.807) is 13.1 Å². The number of guanidine groups is 1. The Hall–Kier alpha value is -2.21. The van der Waals surface area contributed by atoms with Crippen molar-refractivity contribution in [1.29, 1.82) is 5.26 Å². The molecule has 7 heteroatoms. The molecule has 0 aromatic heterocycles. The Morgan fingerprint density at radius 2 is 1.89 bits per heavy atom. The molecule has 2 N–H and O–H groups in total. The first-order chi connectivity index (χ1) is 12.6. The molecule has 0 atom stereocenters. The van der Waals surface area contributed by atoms with E-state index in [0.29, 0.717) is 23.6 Å². The van der Waals surface area contributed by atoms with Crippen molar-refractivity contribution in [1.82, 2.24) is 10.6 Å². The smallest absolute Gasteiger partial charge is 0.191 e. The first kappa shape index (κ1) is 21.1. The fourth-order valence-corrected chi connectivity index (χ4v) is 3.02. The van der Waals surface area contributed by atoms with Gasteiger partial charge in [0.2, 0.25) is 0 Å². The highest BCUT2D eigenvalue weighted by Gasteiger charge is 2.45. The van der Waals surface area contributed by atoms with Crippen molar-refractivity contribution >= 4 is 29.9 Å². The highest BCUT2D eigenvalue weighted by atomic mass is 127. The molecule has 0 unspecified atom stereocenters. The Morgan fingerprint density at radius 3 is 2.52 bits per heavy atom. The van der Waals surface area contributed by atoms with Gasteiger partial charge < -0.3 is 10.6 Å². The summed E-state index contributed by atoms with van der Waals surface area (Å²) in [5.41, 5.74) is 1.30. The van der Waals surface area contributed by atoms with Crippen molar-refractivity contribution in [2.24, 2.45) is 4.99 Å². The quantitative estimate of drug-likeness (QED) is 0.387. The van der Waals surface area contributed by atoms with Crippen LogP contribution in [0.5, 0.6) is 0 Å². The van der Waals surface area contributed by atoms with Gasteiger partial charge in [0.1, 0.15) is 11.6 Å². The van der Waals surface area contributed by atoms with Gasteiger partial charge in [-0.1, -0.05) is 18.2 Å². The van der Waals surface area contributed by atoms with Crippen LogP contribution in [0.2, 0.25) is 0 Å². The molecule has 27 heavy (non-hydrogen) atoms. The fourth-order valence-electron chi connectivity index (χ4n) is 3.02. The van der Waals surface area contributed by atoms with E-state index >= 15 is 0 Å². The van der Waals surface area contributed by atoms with Crippen molar-refractivity contribution in [2.45, 2.75) is 24.8 Å². The van der Waals surface area contributed by atoms with Crippen LogP contribution >= 0.6 is 24.0 Å². The molecule has 0 aliphatic heterocycles. The molecular weight excluding hydrogens is 461 g/mol. The monoisotopic (exact) mass is 482 g/mol. The zero-order chi connectivity index (χ0) is 18.6. The van der Waals surface area contributed by atoms with E-state index in [0.717, 1.165) is 18.4 Å². The molecule has 1 aliphatic carbocycles. The lowest BCUT2D eigenvalue weighted by atomic mass is 9.95. The highest BCUT2D eigenvalue weighted by Crippen LogP contribution is 2.48. The van der Waals surface area contributed by atoms with Gasteiger partial charge in [0, 0.05) is 31.1 Å². The summed E-state index contributed by atoms with van der Waals surface area (Å²) in [4.78, 5) is 4.14. The van der Waals surface area contributed by atoms with Crippen molar-refractivity contribution < 1.29 is 8.78 Å². The van der Waals surface area contributed by atoms with Crippen molar-refractivity contribution in [3.05, 3.63) is 70.8 Å². The number of benzene rings is 2. The summed E-state index contributed by atoms with van der Waals surface area (Å²) in [6, 6.07) is 13.1. The minimum atomic E-state index is -0.378. The molecule has 0 radical (unpaired) electrons. The summed E-state index contributed by atoms with van der Waals surface area (Å²) in [5.74, 6) is -0.0588. The molecule has 1 aliphatic rings. The molecule has 142 valence electrons. The number of nitrogens with zero attached hydrogens (tertiary/aromatic N) is 2. The third-order valence-corrected chi connectivity index (χ3v) is 4.74. The van der Waals surface area contributed by atoms with Gasteiger partial charge in [0.05, 0.1) is 11.6 Å². The normalized spacial score (nSPS) is 14.7. The number of aliphatic imine (C=N–C) groups is 1. The summed E-state index contributed by atoms with van der Waals surface area (Å²) in [5, 5.41) is 15.2. The zero-order valence-electron chi connectivity index (χ0n) is 14.9. The number of hydrogen-bond acceptors (Lipinski definition) is 2. The Bertz CT molecular complexity index is 873. The average Bonchev–Trinajstić information content (AvgIpc) is 3.44. The van der Waals surface area contributed by atoms with E-state index in [-0.39, 0.29) is 47.6 Å². The van der Waals surface area contributed by atoms with E-state index in [1.807, 2.05) is 18.2 Å². The van der Waals surface area contributed by atoms with Crippen LogP contribution in [0.1, 0.15) is 29.5 Å². The molecule has 4 nitrogen and oxygen atoms in total. The molecule has 0 spiro atoms. The summed E-state index contributed by atoms with van der Waals surface area (Å²) in [7, 11) is 1.63. The van der Waals surface area contributed by atoms with Gasteiger partial charge >= 0.3 is 0 Å². The zero-order valence-corrected chi connectivity index (χ0v) is 17.3. The number of nitrogens with one attached hydrogen (secondary N) is 2. The standard InChI is InChI=1S/C20H20F2N4.HI/c1-24-19(25-12-15-10-14(11-23)6-7-17(15)21)26-13-20(8-9-20)16-4-2-3-5-18(16)22;/h2-7,10H,8-9,12-13H2,1H3,(H2,24,25,26);1H. The van der Waals surface area contributed by atoms with Crippen LogP contribution in [0.25, 0.3) is 0 Å². The van der Waals surface area contributed by atoms with Crippen molar-refractivity contribution in [3.63, 3.8) is 0 Å². The van der Waals surface area contributed by atoms with E-state index in [4.69, 9.17) is 5.26 Å². The molecule has 3 rings (SSSR count). The Labute approximate surface area is 174 Å². The van der Waals surface area contributed by atoms with Gasteiger partial charge in [0.15, 0.2) is 5.96 Å². The maximum Gasteiger partial charge on any atom is 0.191 e. The topological polar surface area (TPSA) is 60.2 Å². The first-order valence-electron chi connectivity index (χ1n) is 8.46. The van der Waals surface area contributed by atoms with Gasteiger partial charge in [0.25, 0.3) is 0 Å². The maximum absolute atomic E-state index is 14.1. The van der Waals surface area contributed by atoms with Gasteiger partial charge in [-0.25, -0.2) is 8.78 Å². The number of halogens is 3. The first-order valence-corrected chi connectivity index (χ1v) is 8.46. The molecular formula is C20H21F2IN4. The van der Waals surface area contributed by atoms with Crippen LogP contribution < -0.4 is 10.6 Å². The van der Waals surface area contributed by atoms with Gasteiger partial charge in [-0.05, 0) is 42.7 Å². The number of nitriles is 1. The minimum absolute atomic E-state index is 0. The van der Waals surface area contributed by atoms with Crippen LogP contribution in [0.3, 0.4) is 0 Å². The second-order valence-corrected chi connectivity index (χ2v) is 6.46. The fraction of sp³-hybridized carbons (Fsp3) is 0.300. The average molecular weight is 482 g/mol. The molecule has 0 bridgehead atoms. The Balaban J connectivity index is 0.00000261. The third-order valence-electron chi connectivity index (χ3n) is 4.74. The molecule has 0 saturated heterocycles. The lowest BCUT2D eigenvalue weighted by Crippen LogP contribution is -2.41. The SMILES string of the molecule is CN=C(NCc1cc(C#N)ccc1F)NCC1(c2ccccc2F)CC1.I. The second kappa shape index (κ2) is 9.13. The third kappa shape index (κ3) is 4.95. The van der Waals surface area contributed by atoms with Crippen LogP contribution in [0.15, 0.2) is 47.5 Å². The van der Waals surface area contributed by atoms with Crippen LogP contribution in [0, 0.1) is 23.0 Å². The van der Waals surface area contributed by atoms with E-state index in [9.17, 15) is 8.78 Å². The molecule has 0 heterocycles. The van der Waals surface area contributed by atoms with Crippen molar-refractivity contribution in [2.75, 3.05) is 13.6 Å². The summed E-state index contributed by atoms with van der Waals surface area (Å²) < 4.78 is 27.9. The molecule has 1 saturated carbocycles. The molecule has 0 amide bonds. The minimum Gasteiger partial charge on any atom is -0.356 e. The summed E-state index contributed by atoms with van der Waals surface area (Å²) in [6.45, 7) is 0.752. The molecule has 2 aromatic rings. The molecule has 1 fully saturated rings. The van der Waals surface area contributed by atoms with Crippen molar-refractivity contribution in [3.8, 4) is 6.07 Å². The predicted octanol–water partition coefficient (Wildman–Crippen LogP) is 3.85. The summed E-state index contributed by atoms with van der Waals surface area (Å²) >= 11 is 0. The second-order valence-electron chi connectivity index (χ2n) is 6.46. The van der Waals surface area contributed by atoms with Gasteiger partial charge in [-0.15, -0.1) is 24.0 Å². The van der Waals surface area contributed by atoms with Gasteiger partial charge in [-0.2, -0.15) is 5.26 Å². The highest BCUT2D eigenvalue weighted by molar-refractivity contribution is 14.0. The van der Waals surface area contributed by atoms with E-state index < -0.39 is 0 Å². The van der Waals surface area contributed by atoms with Crippen LogP contribution in [-0.4, -0.2) is 19.6 Å². The van der Waals surface area contributed by atoms with E-state index in [2.05, 4.69) is 15.6 Å². The van der Waals surface area contributed by atoms with Crippen LogP contribution in [-0.2, 0) is 12.0 Å². The van der Waals surface area contributed by atoms with Crippen LogP contribution in [0.4, 0.5) is 8.78 Å². The lowest BCUT2D eigenvalue weighted by Gasteiger charge is -2.19. The Kier molecular flexibility index (Phi) is 7.13. The van der Waals surface area contributed by atoms with E-state index in [1.165, 1.54) is 24.3 Å². The summed E-state index contributed by atoms with van der Waals surface area (Å²) in [6.07, 6.45) is 1.83. The Morgan fingerprint density at radius 1 is 1.15 bits per heavy atom. The lowest BCUT2D eigenvalue weighted by molar-refractivity contribution is 0.559. The largest absolute Gasteiger partial charge is 0.356 e. The van der Waals surface area contributed by atoms with Gasteiger partial charge in [-0.3, -0.25) is 4.99 Å².